The molecule has 15 heavy (non-hydrogen) atoms. The predicted molar refractivity (Wildman–Crippen MR) is 57.7 cm³/mol. The van der Waals surface area contributed by atoms with Crippen LogP contribution < -0.4 is 0 Å². The lowest BCUT2D eigenvalue weighted by molar-refractivity contribution is 0.0630. The molecule has 1 N–H and O–H groups in total. The topological polar surface area (TPSA) is 69.0 Å². The summed E-state index contributed by atoms with van der Waals surface area (Å²) in [6.07, 6.45) is 0. The number of rotatable bonds is 3. The fraction of sp³-hybridized carbons (Fsp3) is 0.333. The van der Waals surface area contributed by atoms with Gasteiger partial charge in [-0.2, -0.15) is 0 Å². The zero-order valence-corrected chi connectivity index (χ0v) is 9.57. The van der Waals surface area contributed by atoms with Crippen molar-refractivity contribution in [3.8, 4) is 0 Å². The van der Waals surface area contributed by atoms with Crippen LogP contribution in [-0.4, -0.2) is 11.7 Å². The van der Waals surface area contributed by atoms with E-state index in [1.165, 1.54) is 25.1 Å². The maximum atomic E-state index is 13.4. The summed E-state index contributed by atoms with van der Waals surface area (Å²) in [5, 5.41) is 13.1. The lowest BCUT2D eigenvalue weighted by Gasteiger charge is -2.22. The second-order valence-electron chi connectivity index (χ2n) is 3.29. The van der Waals surface area contributed by atoms with Crippen molar-refractivity contribution in [2.45, 2.75) is 12.5 Å². The largest absolute Gasteiger partial charge is 0.385 e. The van der Waals surface area contributed by atoms with E-state index in [0.29, 0.717) is 4.47 Å². The maximum Gasteiger partial charge on any atom is 0.129 e. The fourth-order valence-corrected chi connectivity index (χ4v) is 1.53. The van der Waals surface area contributed by atoms with Crippen molar-refractivity contribution in [1.29, 1.82) is 0 Å². The molecule has 0 aliphatic carbocycles. The first-order valence-corrected chi connectivity index (χ1v) is 4.95. The summed E-state index contributed by atoms with van der Waals surface area (Å²) in [5.74, 6) is -0.531. The molecule has 0 saturated carbocycles. The van der Waals surface area contributed by atoms with Crippen molar-refractivity contribution in [2.75, 3.05) is 6.54 Å². The fourth-order valence-electron chi connectivity index (χ4n) is 1.16. The highest BCUT2D eigenvalue weighted by Gasteiger charge is 2.25. The zero-order chi connectivity index (χ0) is 11.5. The highest BCUT2D eigenvalue weighted by Crippen LogP contribution is 2.26. The van der Waals surface area contributed by atoms with Gasteiger partial charge in [-0.1, -0.05) is 21.0 Å². The average molecular weight is 274 g/mol. The van der Waals surface area contributed by atoms with E-state index < -0.39 is 11.4 Å². The average Bonchev–Trinajstić information content (AvgIpc) is 2.18. The Morgan fingerprint density at radius 2 is 2.33 bits per heavy atom. The maximum absolute atomic E-state index is 13.4. The summed E-state index contributed by atoms with van der Waals surface area (Å²) in [5.41, 5.74) is 6.75. The van der Waals surface area contributed by atoms with Crippen LogP contribution in [0.2, 0.25) is 0 Å². The normalized spacial score (nSPS) is 14.1. The third-order valence-corrected chi connectivity index (χ3v) is 2.44. The Morgan fingerprint density at radius 3 is 2.93 bits per heavy atom. The Labute approximate surface area is 94.5 Å². The second-order valence-corrected chi connectivity index (χ2v) is 4.20. The Bertz CT molecular complexity index is 416. The monoisotopic (exact) mass is 273 g/mol. The highest BCUT2D eigenvalue weighted by atomic mass is 79.9. The van der Waals surface area contributed by atoms with E-state index in [0.717, 1.165) is 0 Å². The molecule has 0 radical (unpaired) electrons. The van der Waals surface area contributed by atoms with Crippen LogP contribution in [0.3, 0.4) is 0 Å². The highest BCUT2D eigenvalue weighted by molar-refractivity contribution is 9.10. The van der Waals surface area contributed by atoms with Gasteiger partial charge in [0.2, 0.25) is 0 Å². The van der Waals surface area contributed by atoms with Gasteiger partial charge in [-0.3, -0.25) is 0 Å². The van der Waals surface area contributed by atoms with Crippen molar-refractivity contribution in [1.82, 2.24) is 0 Å². The van der Waals surface area contributed by atoms with Gasteiger partial charge in [-0.05, 0) is 30.7 Å². The van der Waals surface area contributed by atoms with Gasteiger partial charge >= 0.3 is 0 Å². The lowest BCUT2D eigenvalue weighted by Crippen LogP contribution is -2.26. The van der Waals surface area contributed by atoms with E-state index >= 15 is 0 Å². The molecule has 80 valence electrons. The molecule has 6 heteroatoms. The zero-order valence-electron chi connectivity index (χ0n) is 7.98. The number of hydrogen-bond acceptors (Lipinski definition) is 2. The number of hydrogen-bond donors (Lipinski definition) is 1. The summed E-state index contributed by atoms with van der Waals surface area (Å²) in [6, 6.07) is 4.23. The summed E-state index contributed by atoms with van der Waals surface area (Å²) in [6.45, 7) is 1.18. The molecule has 4 nitrogen and oxygen atoms in total. The molecule has 0 aliphatic heterocycles. The molecule has 0 aromatic heterocycles. The summed E-state index contributed by atoms with van der Waals surface area (Å²) < 4.78 is 14.0. The molecule has 0 fully saturated rings. The molecule has 1 aromatic rings. The standard InChI is InChI=1S/C9H9BrFN3O/c1-9(15,5-13-14-12)7-4-6(10)2-3-8(7)11/h2-4,15H,5H2,1H3. The Balaban J connectivity index is 3.12. The van der Waals surface area contributed by atoms with Crippen molar-refractivity contribution < 1.29 is 9.50 Å². The van der Waals surface area contributed by atoms with E-state index in [2.05, 4.69) is 26.0 Å². The van der Waals surface area contributed by atoms with Crippen molar-refractivity contribution in [3.05, 3.63) is 44.5 Å². The van der Waals surface area contributed by atoms with Gasteiger partial charge in [0.15, 0.2) is 0 Å². The summed E-state index contributed by atoms with van der Waals surface area (Å²) in [4.78, 5) is 2.53. The first-order chi connectivity index (χ1) is 6.97. The van der Waals surface area contributed by atoms with E-state index in [-0.39, 0.29) is 12.1 Å². The minimum atomic E-state index is -1.50. The van der Waals surface area contributed by atoms with Gasteiger partial charge in [0.1, 0.15) is 5.82 Å². The van der Waals surface area contributed by atoms with Gasteiger partial charge in [0.25, 0.3) is 0 Å². The molecule has 0 spiro atoms. The lowest BCUT2D eigenvalue weighted by atomic mass is 9.96. The van der Waals surface area contributed by atoms with E-state index in [1.807, 2.05) is 0 Å². The quantitative estimate of drug-likeness (QED) is 0.513. The molecule has 0 bridgehead atoms. The van der Waals surface area contributed by atoms with E-state index in [4.69, 9.17) is 5.53 Å². The molecule has 0 amide bonds. The number of halogens is 2. The molecule has 1 aromatic carbocycles. The van der Waals surface area contributed by atoms with Crippen LogP contribution in [-0.2, 0) is 5.60 Å². The molecule has 0 heterocycles. The van der Waals surface area contributed by atoms with Crippen LogP contribution >= 0.6 is 15.9 Å². The number of azide groups is 1. The summed E-state index contributed by atoms with van der Waals surface area (Å²) >= 11 is 3.18. The van der Waals surface area contributed by atoms with Crippen LogP contribution in [0.4, 0.5) is 4.39 Å². The third-order valence-electron chi connectivity index (χ3n) is 1.95. The van der Waals surface area contributed by atoms with Crippen LogP contribution in [0.25, 0.3) is 10.4 Å². The minimum Gasteiger partial charge on any atom is -0.385 e. The molecule has 1 unspecified atom stereocenters. The van der Waals surface area contributed by atoms with Gasteiger partial charge < -0.3 is 5.11 Å². The Hall–Kier alpha value is -1.10. The predicted octanol–water partition coefficient (Wildman–Crippen LogP) is 3.11. The minimum absolute atomic E-state index is 0.101. The van der Waals surface area contributed by atoms with Crippen molar-refractivity contribution >= 4 is 15.9 Å². The Morgan fingerprint density at radius 1 is 1.67 bits per heavy atom. The van der Waals surface area contributed by atoms with Crippen LogP contribution in [0, 0.1) is 5.82 Å². The second kappa shape index (κ2) is 4.61. The molecular weight excluding hydrogens is 265 g/mol. The van der Waals surface area contributed by atoms with E-state index in [9.17, 15) is 9.50 Å². The Kier molecular flexibility index (Phi) is 3.68. The van der Waals surface area contributed by atoms with Crippen molar-refractivity contribution in [2.24, 2.45) is 5.11 Å². The summed E-state index contributed by atoms with van der Waals surface area (Å²) in [7, 11) is 0. The third kappa shape index (κ3) is 2.92. The molecule has 0 aliphatic rings. The number of benzene rings is 1. The molecule has 1 rings (SSSR count). The van der Waals surface area contributed by atoms with Gasteiger partial charge in [-0.25, -0.2) is 4.39 Å². The smallest absolute Gasteiger partial charge is 0.129 e. The molecular formula is C9H9BrFN3O. The first kappa shape index (κ1) is 12.0. The SMILES string of the molecule is CC(O)(CN=[N+]=[N-])c1cc(Br)ccc1F. The number of aliphatic hydroxyl groups is 1. The van der Waals surface area contributed by atoms with Gasteiger partial charge in [-0.15, -0.1) is 0 Å². The van der Waals surface area contributed by atoms with Gasteiger partial charge in [0.05, 0.1) is 12.1 Å². The first-order valence-electron chi connectivity index (χ1n) is 4.16. The van der Waals surface area contributed by atoms with E-state index in [1.54, 1.807) is 0 Å². The molecule has 0 saturated heterocycles. The number of nitrogens with zero attached hydrogens (tertiary/aromatic N) is 3. The van der Waals surface area contributed by atoms with Crippen LogP contribution in [0.15, 0.2) is 27.8 Å². The van der Waals surface area contributed by atoms with Crippen LogP contribution in [0.5, 0.6) is 0 Å². The molecule has 1 atom stereocenters. The van der Waals surface area contributed by atoms with Gasteiger partial charge in [0, 0.05) is 14.9 Å². The van der Waals surface area contributed by atoms with Crippen molar-refractivity contribution in [3.63, 3.8) is 0 Å². The van der Waals surface area contributed by atoms with Crippen LogP contribution in [0.1, 0.15) is 12.5 Å².